The predicted molar refractivity (Wildman–Crippen MR) is 177 cm³/mol. The van der Waals surface area contributed by atoms with Crippen molar-refractivity contribution in [2.24, 2.45) is 5.73 Å². The van der Waals surface area contributed by atoms with Gasteiger partial charge in [0.05, 0.1) is 12.2 Å². The first kappa shape index (κ1) is 37.0. The Morgan fingerprint density at radius 1 is 0.780 bits per heavy atom. The van der Waals surface area contributed by atoms with Gasteiger partial charge in [0.25, 0.3) is 0 Å². The first-order valence-corrected chi connectivity index (χ1v) is 15.2. The third kappa shape index (κ3) is 10.3. The van der Waals surface area contributed by atoms with Crippen LogP contribution in [0.15, 0.2) is 109 Å². The first-order valence-electron chi connectivity index (χ1n) is 15.2. The largest absolute Gasteiger partial charge is 0.490 e. The van der Waals surface area contributed by atoms with Gasteiger partial charge in [-0.15, -0.1) is 0 Å². The molecule has 0 fully saturated rings. The van der Waals surface area contributed by atoms with Gasteiger partial charge in [0, 0.05) is 25.9 Å². The number of para-hydroxylation sites is 2. The number of amides is 2. The van der Waals surface area contributed by atoms with Crippen LogP contribution in [0.3, 0.4) is 0 Å². The van der Waals surface area contributed by atoms with Gasteiger partial charge in [0.2, 0.25) is 11.8 Å². The monoisotopic (exact) mass is 693 g/mol. The van der Waals surface area contributed by atoms with Crippen LogP contribution >= 0.6 is 0 Å². The molecule has 2 amide bonds. The number of ether oxygens (including phenoxy) is 1. The van der Waals surface area contributed by atoms with Gasteiger partial charge in [0.1, 0.15) is 5.75 Å². The molecule has 0 bridgehead atoms. The number of nitrogens with one attached hydrogen (secondary N) is 1. The minimum absolute atomic E-state index is 0.0163. The van der Waals surface area contributed by atoms with Crippen LogP contribution in [0.5, 0.6) is 11.5 Å². The molecule has 0 atom stereocenters. The summed E-state index contributed by atoms with van der Waals surface area (Å²) >= 11 is 0. The number of nitrogens with zero attached hydrogens (tertiary/aromatic N) is 1. The molecule has 50 heavy (non-hydrogen) atoms. The molecule has 0 aromatic heterocycles. The van der Waals surface area contributed by atoms with Gasteiger partial charge in [0.15, 0.2) is 17.4 Å². The number of halogens is 5. The van der Waals surface area contributed by atoms with Crippen LogP contribution in [-0.4, -0.2) is 29.1 Å². The third-order valence-electron chi connectivity index (χ3n) is 7.31. The number of anilines is 1. The van der Waals surface area contributed by atoms with Crippen molar-refractivity contribution < 1.29 is 46.2 Å². The van der Waals surface area contributed by atoms with Crippen molar-refractivity contribution in [1.82, 2.24) is 5.32 Å². The van der Waals surface area contributed by atoms with Gasteiger partial charge in [-0.1, -0.05) is 72.8 Å². The van der Waals surface area contributed by atoms with E-state index in [2.05, 4.69) is 5.32 Å². The molecule has 0 radical (unpaired) electrons. The van der Waals surface area contributed by atoms with Crippen molar-refractivity contribution in [3.05, 3.63) is 138 Å². The summed E-state index contributed by atoms with van der Waals surface area (Å²) in [6.07, 6.45) is -5.25. The Hall–Kier alpha value is -5.82. The van der Waals surface area contributed by atoms with Crippen LogP contribution in [-0.2, 0) is 34.0 Å². The minimum Gasteiger partial charge on any atom is -0.475 e. The molecule has 4 N–H and O–H groups in total. The lowest BCUT2D eigenvalue weighted by Gasteiger charge is -2.26. The van der Waals surface area contributed by atoms with Crippen molar-refractivity contribution in [3.8, 4) is 11.5 Å². The number of hydrogen-bond acceptors (Lipinski definition) is 5. The number of carbonyl (C=O) groups excluding carboxylic acids is 2. The Balaban J connectivity index is 0.000000727. The summed E-state index contributed by atoms with van der Waals surface area (Å²) in [6, 6.07) is 32.1. The van der Waals surface area contributed by atoms with E-state index in [-0.39, 0.29) is 37.7 Å². The molecule has 0 aliphatic heterocycles. The van der Waals surface area contributed by atoms with Crippen LogP contribution < -0.4 is 20.7 Å². The highest BCUT2D eigenvalue weighted by atomic mass is 19.4. The number of hydrogen-bond donors (Lipinski definition) is 3. The second kappa shape index (κ2) is 17.0. The van der Waals surface area contributed by atoms with Crippen LogP contribution in [0.1, 0.15) is 29.5 Å². The fourth-order valence-electron chi connectivity index (χ4n) is 4.83. The summed E-state index contributed by atoms with van der Waals surface area (Å²) in [6.45, 7) is 0.630. The topological polar surface area (TPSA) is 122 Å². The maximum Gasteiger partial charge on any atom is 0.490 e. The molecule has 0 heterocycles. The van der Waals surface area contributed by atoms with Crippen LogP contribution in [0, 0.1) is 11.6 Å². The lowest BCUT2D eigenvalue weighted by atomic mass is 10.0. The molecular weight excluding hydrogens is 661 g/mol. The first-order chi connectivity index (χ1) is 23.8. The zero-order valence-corrected chi connectivity index (χ0v) is 26.4. The minimum atomic E-state index is -5.08. The number of nitrogens with two attached hydrogens (primary N) is 1. The molecule has 0 saturated heterocycles. The molecule has 0 aliphatic rings. The maximum absolute atomic E-state index is 13.8. The van der Waals surface area contributed by atoms with Crippen molar-refractivity contribution in [2.75, 3.05) is 4.90 Å². The molecule has 5 aromatic carbocycles. The van der Waals surface area contributed by atoms with Crippen molar-refractivity contribution in [1.29, 1.82) is 0 Å². The molecule has 5 aromatic rings. The molecular formula is C37H32F5N3O5. The third-order valence-corrected chi connectivity index (χ3v) is 7.31. The molecule has 0 saturated carbocycles. The molecule has 0 unspecified atom stereocenters. The van der Waals surface area contributed by atoms with E-state index < -0.39 is 23.8 Å². The van der Waals surface area contributed by atoms with Crippen LogP contribution in [0.2, 0.25) is 0 Å². The zero-order valence-electron chi connectivity index (χ0n) is 26.4. The van der Waals surface area contributed by atoms with E-state index in [9.17, 15) is 31.5 Å². The average Bonchev–Trinajstić information content (AvgIpc) is 3.10. The van der Waals surface area contributed by atoms with E-state index in [1.165, 1.54) is 6.07 Å². The average molecular weight is 694 g/mol. The molecule has 13 heteroatoms. The number of carboxylic acid groups (broad SMARTS) is 1. The SMILES string of the molecule is NCc1cccc(Oc2ccccc2N(Cc2cccc3ccccc23)C(=O)CCC(=O)NCc2ccc(F)c(F)c2)c1.O=C(O)C(F)(F)F. The molecule has 0 spiro atoms. The number of carbonyl (C=O) groups is 3. The van der Waals surface area contributed by atoms with Crippen molar-refractivity contribution in [2.45, 2.75) is 38.7 Å². The number of benzene rings is 5. The summed E-state index contributed by atoms with van der Waals surface area (Å²) in [5, 5.41) is 11.9. The Morgan fingerprint density at radius 2 is 1.46 bits per heavy atom. The highest BCUT2D eigenvalue weighted by molar-refractivity contribution is 5.97. The van der Waals surface area contributed by atoms with E-state index in [0.29, 0.717) is 29.3 Å². The summed E-state index contributed by atoms with van der Waals surface area (Å²) in [4.78, 5) is 37.0. The predicted octanol–water partition coefficient (Wildman–Crippen LogP) is 7.63. The Bertz CT molecular complexity index is 1960. The summed E-state index contributed by atoms with van der Waals surface area (Å²) in [7, 11) is 0. The van der Waals surface area contributed by atoms with E-state index in [4.69, 9.17) is 20.4 Å². The highest BCUT2D eigenvalue weighted by Crippen LogP contribution is 2.35. The number of carboxylic acids is 1. The fourth-order valence-corrected chi connectivity index (χ4v) is 4.83. The Labute approximate surface area is 283 Å². The van der Waals surface area contributed by atoms with Gasteiger partial charge >= 0.3 is 12.1 Å². The van der Waals surface area contributed by atoms with Gasteiger partial charge in [-0.05, 0) is 63.9 Å². The lowest BCUT2D eigenvalue weighted by Crippen LogP contribution is -2.32. The van der Waals surface area contributed by atoms with Gasteiger partial charge in [-0.3, -0.25) is 9.59 Å². The lowest BCUT2D eigenvalue weighted by molar-refractivity contribution is -0.192. The van der Waals surface area contributed by atoms with E-state index in [0.717, 1.165) is 34.0 Å². The number of alkyl halides is 3. The number of fused-ring (bicyclic) bond motifs is 1. The Kier molecular flexibility index (Phi) is 12.6. The molecule has 5 rings (SSSR count). The van der Waals surface area contributed by atoms with Crippen LogP contribution in [0.25, 0.3) is 10.8 Å². The van der Waals surface area contributed by atoms with Crippen molar-refractivity contribution in [3.63, 3.8) is 0 Å². The van der Waals surface area contributed by atoms with Gasteiger partial charge < -0.3 is 25.8 Å². The van der Waals surface area contributed by atoms with Gasteiger partial charge in [-0.2, -0.15) is 13.2 Å². The quantitative estimate of drug-likeness (QED) is 0.122. The summed E-state index contributed by atoms with van der Waals surface area (Å²) in [5.41, 5.74) is 8.64. The summed E-state index contributed by atoms with van der Waals surface area (Å²) in [5.74, 6) is -4.29. The van der Waals surface area contributed by atoms with Crippen molar-refractivity contribution >= 4 is 34.2 Å². The van der Waals surface area contributed by atoms with E-state index >= 15 is 0 Å². The van der Waals surface area contributed by atoms with Gasteiger partial charge in [-0.25, -0.2) is 13.6 Å². The Morgan fingerprint density at radius 3 is 2.18 bits per heavy atom. The molecule has 8 nitrogen and oxygen atoms in total. The molecule has 260 valence electrons. The summed E-state index contributed by atoms with van der Waals surface area (Å²) < 4.78 is 64.8. The standard InChI is InChI=1S/C35H31F2N3O3.C2HF3O2/c36-30-16-15-25(20-31(30)37)22-39-34(41)17-18-35(42)40(23-27-10-6-9-26-8-1-2-12-29(26)27)32-13-3-4-14-33(32)43-28-11-5-7-24(19-28)21-38;3-2(4,5)1(6)7/h1-16,19-20H,17-18,21-23,38H2,(H,39,41);(H,6,7). The number of aliphatic carboxylic acids is 1. The maximum atomic E-state index is 13.8. The molecule has 0 aliphatic carbocycles. The fraction of sp³-hybridized carbons (Fsp3) is 0.162. The highest BCUT2D eigenvalue weighted by Gasteiger charge is 2.38. The second-order valence-electron chi connectivity index (χ2n) is 10.9. The van der Waals surface area contributed by atoms with E-state index in [1.807, 2.05) is 84.9 Å². The van der Waals surface area contributed by atoms with E-state index in [1.54, 1.807) is 11.0 Å². The second-order valence-corrected chi connectivity index (χ2v) is 10.9. The van der Waals surface area contributed by atoms with Crippen LogP contribution in [0.4, 0.5) is 27.6 Å². The number of rotatable bonds is 11. The normalized spacial score (nSPS) is 10.9. The zero-order chi connectivity index (χ0) is 36.3. The smallest absolute Gasteiger partial charge is 0.475 e.